The third kappa shape index (κ3) is 4.42. The van der Waals surface area contributed by atoms with Crippen molar-refractivity contribution in [1.29, 1.82) is 0 Å². The van der Waals surface area contributed by atoms with Crippen molar-refractivity contribution in [3.63, 3.8) is 0 Å². The summed E-state index contributed by atoms with van der Waals surface area (Å²) >= 11 is 5.76. The molecule has 6 N–H and O–H groups in total. The number of aromatic nitrogens is 2. The largest absolute Gasteiger partial charge is 0.491 e. The highest BCUT2D eigenvalue weighted by Gasteiger charge is 2.18. The molecule has 11 heteroatoms. The Balaban J connectivity index is 2.07. The van der Waals surface area contributed by atoms with E-state index in [4.69, 9.17) is 27.2 Å². The van der Waals surface area contributed by atoms with Gasteiger partial charge in [-0.25, -0.2) is 9.59 Å². The zero-order valence-electron chi connectivity index (χ0n) is 13.5. The molecule has 1 atom stereocenters. The smallest absolute Gasteiger partial charge is 0.339 e. The minimum absolute atomic E-state index is 0.0760. The molecule has 2 aromatic rings. The summed E-state index contributed by atoms with van der Waals surface area (Å²) in [5.41, 5.74) is 2.80. The van der Waals surface area contributed by atoms with Crippen LogP contribution in [0.2, 0.25) is 5.02 Å². The van der Waals surface area contributed by atoms with Gasteiger partial charge >= 0.3 is 11.7 Å². The Morgan fingerprint density at radius 3 is 2.69 bits per heavy atom. The van der Waals surface area contributed by atoms with Crippen molar-refractivity contribution < 1.29 is 19.4 Å². The van der Waals surface area contributed by atoms with Gasteiger partial charge in [-0.3, -0.25) is 14.6 Å². The van der Waals surface area contributed by atoms with E-state index in [1.807, 2.05) is 4.98 Å². The quantitative estimate of drug-likeness (QED) is 0.475. The van der Waals surface area contributed by atoms with Crippen LogP contribution in [0.25, 0.3) is 0 Å². The molecule has 0 unspecified atom stereocenters. The molecular weight excluding hydrogens is 368 g/mol. The minimum Gasteiger partial charge on any atom is -0.491 e. The van der Waals surface area contributed by atoms with Crippen LogP contribution in [0.5, 0.6) is 5.75 Å². The Kier molecular flexibility index (Phi) is 5.68. The molecule has 10 nitrogen and oxygen atoms in total. The molecule has 0 aliphatic rings. The number of ether oxygens (including phenoxy) is 1. The fraction of sp³-hybridized carbons (Fsp3) is 0.200. The molecule has 0 radical (unpaired) electrons. The summed E-state index contributed by atoms with van der Waals surface area (Å²) in [4.78, 5) is 50.0. The Bertz CT molecular complexity index is 967. The molecule has 1 heterocycles. The summed E-state index contributed by atoms with van der Waals surface area (Å²) in [5, 5.41) is 11.9. The number of carboxylic acids is 1. The predicted molar refractivity (Wildman–Crippen MR) is 92.9 cm³/mol. The maximum absolute atomic E-state index is 12.1. The number of aromatic carboxylic acids is 1. The summed E-state index contributed by atoms with van der Waals surface area (Å²) in [6.45, 7) is 1.50. The Morgan fingerprint density at radius 2 is 2.04 bits per heavy atom. The predicted octanol–water partition coefficient (Wildman–Crippen LogP) is 0.194. The molecule has 0 aliphatic carbocycles. The van der Waals surface area contributed by atoms with Crippen LogP contribution < -0.4 is 27.0 Å². The van der Waals surface area contributed by atoms with E-state index in [-0.39, 0.29) is 28.6 Å². The number of anilines is 1. The van der Waals surface area contributed by atoms with Gasteiger partial charge in [0.2, 0.25) is 0 Å². The number of H-pyrrole nitrogens is 2. The lowest BCUT2D eigenvalue weighted by Gasteiger charge is -2.16. The second-order valence-corrected chi connectivity index (χ2v) is 5.76. The SMILES string of the molecule is C[C@H](COc1ccc(Cl)cc1C(=O)O)NC(=O)c1[nH]c(=O)[nH]c(=O)c1N. The molecule has 0 fully saturated rings. The molecule has 2 rings (SSSR count). The van der Waals surface area contributed by atoms with E-state index >= 15 is 0 Å². The molecule has 0 saturated heterocycles. The highest BCUT2D eigenvalue weighted by Crippen LogP contribution is 2.23. The van der Waals surface area contributed by atoms with Gasteiger partial charge in [-0.1, -0.05) is 11.6 Å². The lowest BCUT2D eigenvalue weighted by molar-refractivity contribution is 0.0690. The van der Waals surface area contributed by atoms with Crippen molar-refractivity contribution in [3.8, 4) is 5.75 Å². The number of hydrogen-bond acceptors (Lipinski definition) is 6. The molecule has 1 amide bonds. The fourth-order valence-corrected chi connectivity index (χ4v) is 2.19. The Morgan fingerprint density at radius 1 is 1.35 bits per heavy atom. The number of aromatic amines is 2. The van der Waals surface area contributed by atoms with Gasteiger partial charge in [0, 0.05) is 5.02 Å². The molecule has 0 saturated carbocycles. The van der Waals surface area contributed by atoms with Crippen LogP contribution in [-0.4, -0.2) is 39.6 Å². The van der Waals surface area contributed by atoms with Gasteiger partial charge in [-0.2, -0.15) is 0 Å². The van der Waals surface area contributed by atoms with Gasteiger partial charge in [-0.15, -0.1) is 0 Å². The summed E-state index contributed by atoms with van der Waals surface area (Å²) < 4.78 is 5.40. The first-order valence-corrected chi connectivity index (χ1v) is 7.65. The summed E-state index contributed by atoms with van der Waals surface area (Å²) in [6, 6.07) is 3.51. The van der Waals surface area contributed by atoms with Crippen molar-refractivity contribution in [1.82, 2.24) is 15.3 Å². The van der Waals surface area contributed by atoms with Gasteiger partial charge in [-0.05, 0) is 25.1 Å². The van der Waals surface area contributed by atoms with E-state index in [2.05, 4.69) is 10.3 Å². The second-order valence-electron chi connectivity index (χ2n) is 5.33. The van der Waals surface area contributed by atoms with Crippen molar-refractivity contribution in [3.05, 3.63) is 55.3 Å². The monoisotopic (exact) mass is 382 g/mol. The number of carbonyl (C=O) groups excluding carboxylic acids is 1. The number of benzene rings is 1. The van der Waals surface area contributed by atoms with Crippen molar-refractivity contribution >= 4 is 29.2 Å². The Hall–Kier alpha value is -3.27. The number of amides is 1. The van der Waals surface area contributed by atoms with E-state index < -0.39 is 34.9 Å². The first kappa shape index (κ1) is 19.1. The summed E-state index contributed by atoms with van der Waals surface area (Å²) in [5.74, 6) is -1.92. The number of nitrogen functional groups attached to an aromatic ring is 1. The second kappa shape index (κ2) is 7.74. The number of hydrogen-bond donors (Lipinski definition) is 5. The first-order valence-electron chi connectivity index (χ1n) is 7.27. The molecule has 138 valence electrons. The van der Waals surface area contributed by atoms with Gasteiger partial charge in [0.05, 0.1) is 6.04 Å². The molecule has 26 heavy (non-hydrogen) atoms. The zero-order chi connectivity index (χ0) is 19.4. The summed E-state index contributed by atoms with van der Waals surface area (Å²) in [7, 11) is 0. The Labute approximate surface area is 150 Å². The van der Waals surface area contributed by atoms with Crippen molar-refractivity contribution in [2.24, 2.45) is 0 Å². The lowest BCUT2D eigenvalue weighted by atomic mass is 10.2. The average molecular weight is 383 g/mol. The van der Waals surface area contributed by atoms with Crippen LogP contribution >= 0.6 is 11.6 Å². The molecule has 0 bridgehead atoms. The van der Waals surface area contributed by atoms with Crippen LogP contribution in [0.4, 0.5) is 5.69 Å². The van der Waals surface area contributed by atoms with Gasteiger partial charge in [0.15, 0.2) is 0 Å². The third-order valence-corrected chi connectivity index (χ3v) is 3.48. The molecule has 0 spiro atoms. The average Bonchev–Trinajstić information content (AvgIpc) is 2.56. The third-order valence-electron chi connectivity index (χ3n) is 3.24. The highest BCUT2D eigenvalue weighted by molar-refractivity contribution is 6.31. The number of carbonyl (C=O) groups is 2. The van der Waals surface area contributed by atoms with Gasteiger partial charge in [0.1, 0.15) is 29.3 Å². The van der Waals surface area contributed by atoms with Crippen LogP contribution in [0, 0.1) is 0 Å². The van der Waals surface area contributed by atoms with E-state index in [0.29, 0.717) is 0 Å². The van der Waals surface area contributed by atoms with Crippen LogP contribution in [0.1, 0.15) is 27.8 Å². The topological polar surface area (TPSA) is 167 Å². The zero-order valence-corrected chi connectivity index (χ0v) is 14.2. The maximum Gasteiger partial charge on any atom is 0.339 e. The molecule has 1 aromatic heterocycles. The van der Waals surface area contributed by atoms with Crippen molar-refractivity contribution in [2.45, 2.75) is 13.0 Å². The minimum atomic E-state index is -1.21. The fourth-order valence-electron chi connectivity index (χ4n) is 2.02. The lowest BCUT2D eigenvalue weighted by Crippen LogP contribution is -2.40. The van der Waals surface area contributed by atoms with Gasteiger partial charge < -0.3 is 25.9 Å². The van der Waals surface area contributed by atoms with E-state index in [1.54, 1.807) is 6.92 Å². The van der Waals surface area contributed by atoms with E-state index in [9.17, 15) is 19.2 Å². The van der Waals surface area contributed by atoms with Crippen molar-refractivity contribution in [2.75, 3.05) is 12.3 Å². The van der Waals surface area contributed by atoms with E-state index in [0.717, 1.165) is 0 Å². The van der Waals surface area contributed by atoms with Crippen LogP contribution in [-0.2, 0) is 0 Å². The highest BCUT2D eigenvalue weighted by atomic mass is 35.5. The number of nitrogens with one attached hydrogen (secondary N) is 3. The number of carboxylic acid groups (broad SMARTS) is 1. The maximum atomic E-state index is 12.1. The van der Waals surface area contributed by atoms with E-state index in [1.165, 1.54) is 18.2 Å². The number of nitrogens with two attached hydrogens (primary N) is 1. The number of halogens is 1. The number of rotatable bonds is 6. The normalized spacial score (nSPS) is 11.6. The van der Waals surface area contributed by atoms with Crippen LogP contribution in [0.15, 0.2) is 27.8 Å². The molecule has 0 aliphatic heterocycles. The summed E-state index contributed by atoms with van der Waals surface area (Å²) in [6.07, 6.45) is 0. The van der Waals surface area contributed by atoms with Crippen LogP contribution in [0.3, 0.4) is 0 Å². The first-order chi connectivity index (χ1) is 12.2. The molecule has 1 aromatic carbocycles. The van der Waals surface area contributed by atoms with Gasteiger partial charge in [0.25, 0.3) is 11.5 Å². The standard InChI is InChI=1S/C15H15ClN4O6/c1-6(5-26-9-3-2-7(16)4-8(9)14(23)24)18-13(22)11-10(17)12(21)20-15(25)19-11/h2-4,6H,5,17H2,1H3,(H,18,22)(H,23,24)(H2,19,20,21,25)/t6-/m1/s1. The molecular formula is C15H15ClN4O6.